The average Bonchev–Trinajstić information content (AvgIpc) is 3.13. The Bertz CT molecular complexity index is 403. The van der Waals surface area contributed by atoms with E-state index in [1.165, 1.54) is 19.4 Å². The molecule has 2 rings (SSSR count). The molecule has 0 aromatic heterocycles. The summed E-state index contributed by atoms with van der Waals surface area (Å²) in [6.07, 6.45) is 3.85. The molecule has 1 atom stereocenters. The third kappa shape index (κ3) is 6.68. The number of rotatable bonds is 4. The first kappa shape index (κ1) is 19.5. The second-order valence-corrected chi connectivity index (χ2v) is 7.08. The molecule has 2 aliphatic rings. The maximum atomic E-state index is 11.8. The van der Waals surface area contributed by atoms with Gasteiger partial charge < -0.3 is 16.0 Å². The fourth-order valence-corrected chi connectivity index (χ4v) is 2.69. The van der Waals surface area contributed by atoms with Gasteiger partial charge in [-0.25, -0.2) is 0 Å². The van der Waals surface area contributed by atoms with Crippen LogP contribution in [0.5, 0.6) is 0 Å². The van der Waals surface area contributed by atoms with Gasteiger partial charge in [-0.3, -0.25) is 14.7 Å². The van der Waals surface area contributed by atoms with Crippen LogP contribution in [0, 0.1) is 0 Å². The smallest absolute Gasteiger partial charge is 0.239 e. The van der Waals surface area contributed by atoms with Crippen LogP contribution in [0.1, 0.15) is 40.0 Å². The SMILES string of the molecule is CN=C(NCC(=O)NC(C)(C)C)NC1CCN(C2CC2)C1.I. The molecular formula is C15H30IN5O. The van der Waals surface area contributed by atoms with Crippen LogP contribution in [0.4, 0.5) is 0 Å². The van der Waals surface area contributed by atoms with E-state index in [2.05, 4.69) is 25.8 Å². The highest BCUT2D eigenvalue weighted by atomic mass is 127. The molecule has 128 valence electrons. The van der Waals surface area contributed by atoms with E-state index in [4.69, 9.17) is 0 Å². The number of halogens is 1. The van der Waals surface area contributed by atoms with Crippen LogP contribution in [0.25, 0.3) is 0 Å². The number of likely N-dealkylation sites (tertiary alicyclic amines) is 1. The van der Waals surface area contributed by atoms with Crippen LogP contribution in [0.3, 0.4) is 0 Å². The number of nitrogens with zero attached hydrogens (tertiary/aromatic N) is 2. The third-order valence-electron chi connectivity index (χ3n) is 3.78. The third-order valence-corrected chi connectivity index (χ3v) is 3.78. The van der Waals surface area contributed by atoms with Gasteiger partial charge in [0.2, 0.25) is 5.91 Å². The van der Waals surface area contributed by atoms with Crippen LogP contribution in [-0.4, -0.2) is 61.1 Å². The van der Waals surface area contributed by atoms with Gasteiger partial charge in [0, 0.05) is 37.8 Å². The molecule has 2 fully saturated rings. The number of carbonyl (C=O) groups excluding carboxylic acids is 1. The van der Waals surface area contributed by atoms with Crippen LogP contribution in [-0.2, 0) is 4.79 Å². The lowest BCUT2D eigenvalue weighted by Gasteiger charge is -2.22. The molecule has 22 heavy (non-hydrogen) atoms. The minimum Gasteiger partial charge on any atom is -0.352 e. The van der Waals surface area contributed by atoms with E-state index in [9.17, 15) is 4.79 Å². The molecule has 1 heterocycles. The van der Waals surface area contributed by atoms with Crippen LogP contribution < -0.4 is 16.0 Å². The fraction of sp³-hybridized carbons (Fsp3) is 0.867. The number of guanidine groups is 1. The van der Waals surface area contributed by atoms with Crippen molar-refractivity contribution in [3.05, 3.63) is 0 Å². The molecule has 1 aliphatic carbocycles. The molecule has 1 amide bonds. The zero-order chi connectivity index (χ0) is 15.5. The number of hydrogen-bond acceptors (Lipinski definition) is 3. The summed E-state index contributed by atoms with van der Waals surface area (Å²) < 4.78 is 0. The van der Waals surface area contributed by atoms with Gasteiger partial charge in [-0.1, -0.05) is 0 Å². The summed E-state index contributed by atoms with van der Waals surface area (Å²) in [7, 11) is 1.74. The summed E-state index contributed by atoms with van der Waals surface area (Å²) in [6, 6.07) is 1.26. The minimum absolute atomic E-state index is 0. The molecule has 0 aromatic rings. The fourth-order valence-electron chi connectivity index (χ4n) is 2.69. The molecule has 1 unspecified atom stereocenters. The minimum atomic E-state index is -0.202. The number of aliphatic imine (C=N–C) groups is 1. The van der Waals surface area contributed by atoms with Gasteiger partial charge in [0.15, 0.2) is 5.96 Å². The lowest BCUT2D eigenvalue weighted by Crippen LogP contribution is -2.50. The predicted octanol–water partition coefficient (Wildman–Crippen LogP) is 0.921. The highest BCUT2D eigenvalue weighted by Crippen LogP contribution is 2.29. The second-order valence-electron chi connectivity index (χ2n) is 7.08. The molecule has 6 nitrogen and oxygen atoms in total. The van der Waals surface area contributed by atoms with Crippen molar-refractivity contribution in [1.82, 2.24) is 20.9 Å². The number of hydrogen-bond donors (Lipinski definition) is 3. The normalized spacial score (nSPS) is 22.9. The summed E-state index contributed by atoms with van der Waals surface area (Å²) in [4.78, 5) is 18.6. The summed E-state index contributed by atoms with van der Waals surface area (Å²) in [5.41, 5.74) is -0.202. The molecule has 1 saturated heterocycles. The Morgan fingerprint density at radius 3 is 2.50 bits per heavy atom. The second kappa shape index (κ2) is 8.33. The first-order chi connectivity index (χ1) is 9.87. The average molecular weight is 423 g/mol. The van der Waals surface area contributed by atoms with Gasteiger partial charge in [-0.2, -0.15) is 0 Å². The maximum absolute atomic E-state index is 11.8. The molecule has 0 bridgehead atoms. The van der Waals surface area contributed by atoms with Gasteiger partial charge in [-0.15, -0.1) is 24.0 Å². The Morgan fingerprint density at radius 1 is 1.27 bits per heavy atom. The summed E-state index contributed by atoms with van der Waals surface area (Å²) in [5.74, 6) is 0.693. The van der Waals surface area contributed by atoms with Crippen molar-refractivity contribution in [2.24, 2.45) is 4.99 Å². The molecular weight excluding hydrogens is 393 g/mol. The van der Waals surface area contributed by atoms with E-state index in [1.54, 1.807) is 7.05 Å². The monoisotopic (exact) mass is 423 g/mol. The van der Waals surface area contributed by atoms with Crippen LogP contribution >= 0.6 is 24.0 Å². The molecule has 0 spiro atoms. The number of carbonyl (C=O) groups is 1. The molecule has 1 aliphatic heterocycles. The zero-order valence-electron chi connectivity index (χ0n) is 14.1. The van der Waals surface area contributed by atoms with E-state index in [0.717, 1.165) is 19.0 Å². The predicted molar refractivity (Wildman–Crippen MR) is 101 cm³/mol. The van der Waals surface area contributed by atoms with Crippen molar-refractivity contribution in [2.45, 2.75) is 57.7 Å². The summed E-state index contributed by atoms with van der Waals surface area (Å²) in [6.45, 7) is 8.42. The Hall–Kier alpha value is -0.570. The van der Waals surface area contributed by atoms with Crippen LogP contribution in [0.2, 0.25) is 0 Å². The number of amides is 1. The summed E-state index contributed by atoms with van der Waals surface area (Å²) in [5, 5.41) is 9.43. The Morgan fingerprint density at radius 2 is 1.95 bits per heavy atom. The largest absolute Gasteiger partial charge is 0.352 e. The molecule has 0 radical (unpaired) electrons. The molecule has 1 saturated carbocycles. The maximum Gasteiger partial charge on any atom is 0.239 e. The van der Waals surface area contributed by atoms with E-state index in [1.807, 2.05) is 20.8 Å². The Labute approximate surface area is 150 Å². The van der Waals surface area contributed by atoms with E-state index < -0.39 is 0 Å². The van der Waals surface area contributed by atoms with Gasteiger partial charge in [0.25, 0.3) is 0 Å². The summed E-state index contributed by atoms with van der Waals surface area (Å²) >= 11 is 0. The van der Waals surface area contributed by atoms with Gasteiger partial charge in [0.05, 0.1) is 6.54 Å². The first-order valence-electron chi connectivity index (χ1n) is 7.89. The Balaban J connectivity index is 0.00000242. The van der Waals surface area contributed by atoms with Crippen molar-refractivity contribution in [3.63, 3.8) is 0 Å². The molecule has 3 N–H and O–H groups in total. The highest BCUT2D eigenvalue weighted by Gasteiger charge is 2.34. The van der Waals surface area contributed by atoms with Crippen molar-refractivity contribution in [2.75, 3.05) is 26.7 Å². The van der Waals surface area contributed by atoms with E-state index in [0.29, 0.717) is 12.0 Å². The van der Waals surface area contributed by atoms with Gasteiger partial charge >= 0.3 is 0 Å². The standard InChI is InChI=1S/C15H29N5O.HI/c1-15(2,3)19-13(21)9-17-14(16-4)18-11-7-8-20(10-11)12-5-6-12;/h11-12H,5-10H2,1-4H3,(H,19,21)(H2,16,17,18);1H. The van der Waals surface area contributed by atoms with E-state index in [-0.39, 0.29) is 42.0 Å². The van der Waals surface area contributed by atoms with Crippen molar-refractivity contribution >= 4 is 35.8 Å². The molecule has 7 heteroatoms. The van der Waals surface area contributed by atoms with Gasteiger partial charge in [0.1, 0.15) is 0 Å². The topological polar surface area (TPSA) is 68.8 Å². The lowest BCUT2D eigenvalue weighted by molar-refractivity contribution is -0.121. The van der Waals surface area contributed by atoms with E-state index >= 15 is 0 Å². The quantitative estimate of drug-likeness (QED) is 0.358. The first-order valence-corrected chi connectivity index (χ1v) is 7.89. The lowest BCUT2D eigenvalue weighted by atomic mass is 10.1. The van der Waals surface area contributed by atoms with Crippen molar-refractivity contribution in [1.29, 1.82) is 0 Å². The highest BCUT2D eigenvalue weighted by molar-refractivity contribution is 14.0. The van der Waals surface area contributed by atoms with Crippen molar-refractivity contribution < 1.29 is 4.79 Å². The Kier molecular flexibility index (Phi) is 7.37. The van der Waals surface area contributed by atoms with Crippen molar-refractivity contribution in [3.8, 4) is 0 Å². The zero-order valence-corrected chi connectivity index (χ0v) is 16.4. The van der Waals surface area contributed by atoms with Crippen LogP contribution in [0.15, 0.2) is 4.99 Å². The molecule has 0 aromatic carbocycles. The van der Waals surface area contributed by atoms with Gasteiger partial charge in [-0.05, 0) is 40.0 Å². The number of nitrogens with one attached hydrogen (secondary N) is 3.